The third kappa shape index (κ3) is 4.68. The number of hydrogen-bond acceptors (Lipinski definition) is 1. The van der Waals surface area contributed by atoms with Crippen LogP contribution in [0.5, 0.6) is 0 Å². The van der Waals surface area contributed by atoms with Gasteiger partial charge in [0, 0.05) is 10.8 Å². The van der Waals surface area contributed by atoms with Crippen LogP contribution in [0.15, 0.2) is 155 Å². The van der Waals surface area contributed by atoms with E-state index in [0.29, 0.717) is 0 Å². The summed E-state index contributed by atoms with van der Waals surface area (Å²) in [7, 11) is -1.57. The molecule has 7 rings (SSSR count). The van der Waals surface area contributed by atoms with E-state index in [-0.39, 0.29) is 0 Å². The highest BCUT2D eigenvalue weighted by Crippen LogP contribution is 2.48. The van der Waals surface area contributed by atoms with Gasteiger partial charge in [-0.3, -0.25) is 0 Å². The lowest BCUT2D eigenvalue weighted by Crippen LogP contribution is -2.32. The second-order valence-electron chi connectivity index (χ2n) is 9.72. The average molecular weight is 539 g/mol. The molecular formula is C36H28OP2. The van der Waals surface area contributed by atoms with Crippen molar-refractivity contribution in [3.8, 4) is 0 Å². The van der Waals surface area contributed by atoms with Gasteiger partial charge in [-0.05, 0) is 78.7 Å². The monoisotopic (exact) mass is 538 g/mol. The molecule has 1 unspecified atom stereocenters. The SMILES string of the molecule is C1=CC(P(c2ccccc2)c2cc3oc4ccccc4c3cc2P(c2ccccc2)c2ccccc2)=CCC1. The zero-order valence-corrected chi connectivity index (χ0v) is 23.4. The maximum absolute atomic E-state index is 6.49. The number of rotatable bonds is 6. The highest BCUT2D eigenvalue weighted by atomic mass is 31.1. The molecule has 39 heavy (non-hydrogen) atoms. The maximum Gasteiger partial charge on any atom is 0.136 e. The molecule has 0 fully saturated rings. The number of fused-ring (bicyclic) bond motifs is 3. The topological polar surface area (TPSA) is 13.1 Å². The van der Waals surface area contributed by atoms with Gasteiger partial charge in [0.1, 0.15) is 11.2 Å². The van der Waals surface area contributed by atoms with Gasteiger partial charge in [-0.2, -0.15) is 0 Å². The Morgan fingerprint density at radius 1 is 0.487 bits per heavy atom. The second kappa shape index (κ2) is 10.8. The minimum Gasteiger partial charge on any atom is -0.456 e. The van der Waals surface area contributed by atoms with E-state index >= 15 is 0 Å². The maximum atomic E-state index is 6.49. The number of allylic oxidation sites excluding steroid dienone is 4. The Morgan fingerprint density at radius 2 is 1.05 bits per heavy atom. The van der Waals surface area contributed by atoms with Crippen LogP contribution in [-0.4, -0.2) is 0 Å². The molecule has 1 nitrogen and oxygen atoms in total. The molecular weight excluding hydrogens is 510 g/mol. The van der Waals surface area contributed by atoms with E-state index in [1.807, 2.05) is 0 Å². The van der Waals surface area contributed by atoms with Crippen LogP contribution in [-0.2, 0) is 0 Å². The van der Waals surface area contributed by atoms with Crippen LogP contribution in [0.2, 0.25) is 0 Å². The molecule has 1 heterocycles. The Balaban J connectivity index is 1.57. The zero-order chi connectivity index (χ0) is 26.0. The van der Waals surface area contributed by atoms with E-state index in [1.54, 1.807) is 0 Å². The fourth-order valence-electron chi connectivity index (χ4n) is 5.46. The smallest absolute Gasteiger partial charge is 0.136 e. The van der Waals surface area contributed by atoms with Gasteiger partial charge in [-0.25, -0.2) is 0 Å². The molecule has 0 amide bonds. The molecule has 0 spiro atoms. The largest absolute Gasteiger partial charge is 0.456 e. The Labute approximate surface area is 232 Å². The van der Waals surface area contributed by atoms with Crippen molar-refractivity contribution in [2.75, 3.05) is 0 Å². The molecule has 3 heteroatoms. The van der Waals surface area contributed by atoms with Crippen molar-refractivity contribution in [3.63, 3.8) is 0 Å². The van der Waals surface area contributed by atoms with E-state index in [2.05, 4.69) is 146 Å². The van der Waals surface area contributed by atoms with E-state index in [1.165, 1.54) is 42.6 Å². The normalized spacial score (nSPS) is 14.1. The third-order valence-corrected chi connectivity index (χ3v) is 12.4. The summed E-state index contributed by atoms with van der Waals surface area (Å²) in [6.07, 6.45) is 9.36. The fourth-order valence-corrected chi connectivity index (χ4v) is 10.8. The lowest BCUT2D eigenvalue weighted by atomic mass is 10.1. The fraction of sp³-hybridized carbons (Fsp3) is 0.0556. The van der Waals surface area contributed by atoms with Gasteiger partial charge in [0.05, 0.1) is 0 Å². The van der Waals surface area contributed by atoms with Crippen molar-refractivity contribution in [1.82, 2.24) is 0 Å². The Bertz CT molecular complexity index is 1760. The van der Waals surface area contributed by atoms with Gasteiger partial charge in [0.25, 0.3) is 0 Å². The molecule has 1 aliphatic rings. The molecule has 0 saturated carbocycles. The van der Waals surface area contributed by atoms with Crippen LogP contribution in [0.3, 0.4) is 0 Å². The molecule has 1 aromatic heterocycles. The van der Waals surface area contributed by atoms with Crippen molar-refractivity contribution < 1.29 is 4.42 Å². The molecule has 1 atom stereocenters. The Kier molecular flexibility index (Phi) is 6.71. The van der Waals surface area contributed by atoms with Crippen molar-refractivity contribution in [2.24, 2.45) is 0 Å². The molecule has 6 aromatic rings. The van der Waals surface area contributed by atoms with Crippen molar-refractivity contribution in [1.29, 1.82) is 0 Å². The van der Waals surface area contributed by atoms with Gasteiger partial charge in [-0.15, -0.1) is 0 Å². The lowest BCUT2D eigenvalue weighted by Gasteiger charge is -2.28. The average Bonchev–Trinajstić information content (AvgIpc) is 3.37. The Hall–Kier alpha value is -3.76. The predicted octanol–water partition coefficient (Wildman–Crippen LogP) is 8.01. The standard InChI is InChI=1S/C36H28OP2/c1-5-15-27(16-6-1)38(28-17-7-2-8-18-28)35-25-32-31-23-13-14-24-33(31)37-34(32)26-36(35)39(29-19-9-3-10-20-29)30-21-11-4-12-22-30/h1-3,5-11,13-26H,4,12H2. The van der Waals surface area contributed by atoms with Crippen LogP contribution in [0.25, 0.3) is 21.9 Å². The van der Waals surface area contributed by atoms with Crippen LogP contribution < -0.4 is 26.5 Å². The van der Waals surface area contributed by atoms with Gasteiger partial charge in [-0.1, -0.05) is 127 Å². The number of para-hydroxylation sites is 1. The summed E-state index contributed by atoms with van der Waals surface area (Å²) in [6.45, 7) is 0. The molecule has 0 N–H and O–H groups in total. The quantitative estimate of drug-likeness (QED) is 0.196. The molecule has 0 radical (unpaired) electrons. The summed E-state index contributed by atoms with van der Waals surface area (Å²) >= 11 is 0. The van der Waals surface area contributed by atoms with Crippen molar-refractivity contribution in [3.05, 3.63) is 151 Å². The van der Waals surface area contributed by atoms with Crippen LogP contribution >= 0.6 is 15.8 Å². The molecule has 5 aromatic carbocycles. The van der Waals surface area contributed by atoms with Crippen LogP contribution in [0.4, 0.5) is 0 Å². The first-order valence-electron chi connectivity index (χ1n) is 13.4. The van der Waals surface area contributed by atoms with Gasteiger partial charge >= 0.3 is 0 Å². The van der Waals surface area contributed by atoms with Gasteiger partial charge < -0.3 is 4.42 Å². The molecule has 188 valence electrons. The van der Waals surface area contributed by atoms with E-state index in [0.717, 1.165) is 24.0 Å². The van der Waals surface area contributed by atoms with Crippen molar-refractivity contribution >= 4 is 64.3 Å². The summed E-state index contributed by atoms with van der Waals surface area (Å²) < 4.78 is 6.49. The molecule has 0 aliphatic heterocycles. The van der Waals surface area contributed by atoms with Gasteiger partial charge in [0.2, 0.25) is 0 Å². The minimum atomic E-state index is -0.797. The Morgan fingerprint density at radius 3 is 1.67 bits per heavy atom. The first-order valence-corrected chi connectivity index (χ1v) is 16.1. The van der Waals surface area contributed by atoms with E-state index in [9.17, 15) is 0 Å². The number of benzene rings is 5. The summed E-state index contributed by atoms with van der Waals surface area (Å²) in [5, 5.41) is 10.7. The number of furan rings is 1. The highest BCUT2D eigenvalue weighted by Gasteiger charge is 2.28. The van der Waals surface area contributed by atoms with Crippen LogP contribution in [0.1, 0.15) is 12.8 Å². The second-order valence-corrected chi connectivity index (χ2v) is 14.1. The summed E-state index contributed by atoms with van der Waals surface area (Å²) in [5.41, 5.74) is 1.91. The minimum absolute atomic E-state index is 0.775. The first-order chi connectivity index (χ1) is 19.4. The zero-order valence-electron chi connectivity index (χ0n) is 21.6. The number of hydrogen-bond donors (Lipinski definition) is 0. The highest BCUT2D eigenvalue weighted by molar-refractivity contribution is 7.84. The van der Waals surface area contributed by atoms with Crippen molar-refractivity contribution in [2.45, 2.75) is 12.8 Å². The third-order valence-electron chi connectivity index (χ3n) is 7.23. The summed E-state index contributed by atoms with van der Waals surface area (Å²) in [6, 6.07) is 46.4. The molecule has 1 aliphatic carbocycles. The lowest BCUT2D eigenvalue weighted by molar-refractivity contribution is 0.669. The predicted molar refractivity (Wildman–Crippen MR) is 172 cm³/mol. The van der Waals surface area contributed by atoms with Gasteiger partial charge in [0.15, 0.2) is 0 Å². The van der Waals surface area contributed by atoms with E-state index < -0.39 is 15.8 Å². The molecule has 0 bridgehead atoms. The first kappa shape index (κ1) is 24.3. The molecule has 0 saturated heterocycles. The summed E-state index contributed by atoms with van der Waals surface area (Å²) in [5.74, 6) is 0. The summed E-state index contributed by atoms with van der Waals surface area (Å²) in [4.78, 5) is 0. The van der Waals surface area contributed by atoms with E-state index in [4.69, 9.17) is 4.42 Å². The van der Waals surface area contributed by atoms with Crippen LogP contribution in [0, 0.1) is 0 Å².